The SMILES string of the molecule is Cc1cccc(C(=O)N/N=C/c2cccn2-c2ccc([N+](=O)[O-])cc2)c1. The number of nitrogens with zero attached hydrogens (tertiary/aromatic N) is 3. The highest BCUT2D eigenvalue weighted by molar-refractivity contribution is 5.95. The van der Waals surface area contributed by atoms with E-state index in [9.17, 15) is 14.9 Å². The van der Waals surface area contributed by atoms with E-state index in [1.54, 1.807) is 24.3 Å². The van der Waals surface area contributed by atoms with Crippen LogP contribution < -0.4 is 5.43 Å². The number of hydrogen-bond donors (Lipinski definition) is 1. The van der Waals surface area contributed by atoms with Crippen molar-refractivity contribution in [2.45, 2.75) is 6.92 Å². The monoisotopic (exact) mass is 348 g/mol. The topological polar surface area (TPSA) is 89.5 Å². The van der Waals surface area contributed by atoms with Crippen LogP contribution in [0.1, 0.15) is 21.6 Å². The van der Waals surface area contributed by atoms with Gasteiger partial charge in [-0.3, -0.25) is 14.9 Å². The summed E-state index contributed by atoms with van der Waals surface area (Å²) in [6, 6.07) is 17.1. The molecule has 1 aromatic heterocycles. The summed E-state index contributed by atoms with van der Waals surface area (Å²) in [4.78, 5) is 22.4. The number of nitro groups is 1. The van der Waals surface area contributed by atoms with Gasteiger partial charge in [0, 0.05) is 29.6 Å². The number of non-ortho nitro benzene ring substituents is 1. The quantitative estimate of drug-likeness (QED) is 0.435. The maximum Gasteiger partial charge on any atom is 0.271 e. The Morgan fingerprint density at radius 1 is 1.15 bits per heavy atom. The van der Waals surface area contributed by atoms with Gasteiger partial charge in [-0.15, -0.1) is 0 Å². The molecule has 0 unspecified atom stereocenters. The number of hydrogen-bond acceptors (Lipinski definition) is 4. The normalized spacial score (nSPS) is 10.8. The molecule has 0 fully saturated rings. The maximum atomic E-state index is 12.1. The second-order valence-electron chi connectivity index (χ2n) is 5.65. The lowest BCUT2D eigenvalue weighted by molar-refractivity contribution is -0.384. The van der Waals surface area contributed by atoms with E-state index in [0.717, 1.165) is 16.9 Å². The van der Waals surface area contributed by atoms with Crippen LogP contribution in [-0.2, 0) is 0 Å². The van der Waals surface area contributed by atoms with Crippen LogP contribution in [0.4, 0.5) is 5.69 Å². The lowest BCUT2D eigenvalue weighted by Crippen LogP contribution is -2.17. The van der Waals surface area contributed by atoms with Gasteiger partial charge in [0.05, 0.1) is 16.8 Å². The summed E-state index contributed by atoms with van der Waals surface area (Å²) in [5.74, 6) is -0.293. The fourth-order valence-corrected chi connectivity index (χ4v) is 2.48. The fraction of sp³-hybridized carbons (Fsp3) is 0.0526. The number of carbonyl (C=O) groups is 1. The molecular weight excluding hydrogens is 332 g/mol. The Kier molecular flexibility index (Phi) is 4.89. The van der Waals surface area contributed by atoms with Crippen LogP contribution in [0.25, 0.3) is 5.69 Å². The molecule has 1 amide bonds. The van der Waals surface area contributed by atoms with Gasteiger partial charge < -0.3 is 4.57 Å². The molecule has 0 aliphatic rings. The molecule has 0 saturated heterocycles. The maximum absolute atomic E-state index is 12.1. The van der Waals surface area contributed by atoms with Gasteiger partial charge in [-0.05, 0) is 43.3 Å². The molecule has 0 bridgehead atoms. The number of carbonyl (C=O) groups excluding carboxylic acids is 1. The van der Waals surface area contributed by atoms with E-state index in [0.29, 0.717) is 5.56 Å². The van der Waals surface area contributed by atoms with Crippen LogP contribution in [0, 0.1) is 17.0 Å². The molecule has 1 N–H and O–H groups in total. The molecule has 7 nitrogen and oxygen atoms in total. The Morgan fingerprint density at radius 2 is 1.92 bits per heavy atom. The second-order valence-corrected chi connectivity index (χ2v) is 5.65. The van der Waals surface area contributed by atoms with Crippen LogP contribution in [0.15, 0.2) is 72.0 Å². The minimum absolute atomic E-state index is 0.0292. The average Bonchev–Trinajstić information content (AvgIpc) is 3.10. The van der Waals surface area contributed by atoms with Crippen LogP contribution in [0.2, 0.25) is 0 Å². The van der Waals surface area contributed by atoms with E-state index in [4.69, 9.17) is 0 Å². The minimum Gasteiger partial charge on any atom is -0.316 e. The van der Waals surface area contributed by atoms with Crippen molar-refractivity contribution in [3.8, 4) is 5.69 Å². The zero-order chi connectivity index (χ0) is 18.5. The third-order valence-electron chi connectivity index (χ3n) is 3.76. The summed E-state index contributed by atoms with van der Waals surface area (Å²) >= 11 is 0. The van der Waals surface area contributed by atoms with E-state index < -0.39 is 4.92 Å². The predicted molar refractivity (Wildman–Crippen MR) is 98.7 cm³/mol. The number of nitrogens with one attached hydrogen (secondary N) is 1. The Hall–Kier alpha value is -3.74. The number of aryl methyl sites for hydroxylation is 1. The molecule has 3 rings (SSSR count). The van der Waals surface area contributed by atoms with Crippen molar-refractivity contribution >= 4 is 17.8 Å². The standard InChI is InChI=1S/C19H16N4O3/c1-14-4-2-5-15(12-14)19(24)21-20-13-18-6-3-11-22(18)16-7-9-17(10-8-16)23(25)26/h2-13H,1H3,(H,21,24)/b20-13+. The molecule has 0 aliphatic heterocycles. The Morgan fingerprint density at radius 3 is 2.62 bits per heavy atom. The summed E-state index contributed by atoms with van der Waals surface area (Å²) in [6.45, 7) is 1.91. The van der Waals surface area contributed by atoms with Gasteiger partial charge in [0.25, 0.3) is 11.6 Å². The largest absolute Gasteiger partial charge is 0.316 e. The molecule has 0 atom stereocenters. The summed E-state index contributed by atoms with van der Waals surface area (Å²) in [6.07, 6.45) is 3.33. The van der Waals surface area contributed by atoms with E-state index in [1.807, 2.05) is 42.0 Å². The summed E-state index contributed by atoms with van der Waals surface area (Å²) in [5, 5.41) is 14.7. The molecular formula is C19H16N4O3. The molecule has 1 heterocycles. The van der Waals surface area contributed by atoms with Crippen molar-refractivity contribution in [2.75, 3.05) is 0 Å². The molecule has 0 saturated carbocycles. The second kappa shape index (κ2) is 7.43. The first-order valence-corrected chi connectivity index (χ1v) is 7.87. The van der Waals surface area contributed by atoms with Crippen molar-refractivity contribution < 1.29 is 9.72 Å². The van der Waals surface area contributed by atoms with Gasteiger partial charge in [-0.1, -0.05) is 17.7 Å². The Bertz CT molecular complexity index is 974. The number of rotatable bonds is 5. The molecule has 0 spiro atoms. The molecule has 0 aliphatic carbocycles. The highest BCUT2D eigenvalue weighted by Crippen LogP contribution is 2.16. The smallest absolute Gasteiger partial charge is 0.271 e. The van der Waals surface area contributed by atoms with E-state index >= 15 is 0 Å². The number of amides is 1. The van der Waals surface area contributed by atoms with Gasteiger partial charge in [-0.2, -0.15) is 5.10 Å². The van der Waals surface area contributed by atoms with Gasteiger partial charge in [0.2, 0.25) is 0 Å². The van der Waals surface area contributed by atoms with Gasteiger partial charge in [0.1, 0.15) is 0 Å². The number of nitro benzene ring substituents is 1. The first-order valence-electron chi connectivity index (χ1n) is 7.87. The molecule has 7 heteroatoms. The van der Waals surface area contributed by atoms with Crippen LogP contribution >= 0.6 is 0 Å². The van der Waals surface area contributed by atoms with Crippen molar-refractivity contribution in [1.29, 1.82) is 0 Å². The third kappa shape index (κ3) is 3.84. The zero-order valence-corrected chi connectivity index (χ0v) is 14.0. The van der Waals surface area contributed by atoms with Crippen molar-refractivity contribution in [3.63, 3.8) is 0 Å². The molecule has 2 aromatic carbocycles. The summed E-state index contributed by atoms with van der Waals surface area (Å²) in [5.41, 5.74) is 5.54. The lowest BCUT2D eigenvalue weighted by Gasteiger charge is -2.06. The molecule has 26 heavy (non-hydrogen) atoms. The third-order valence-corrected chi connectivity index (χ3v) is 3.76. The highest BCUT2D eigenvalue weighted by Gasteiger charge is 2.07. The van der Waals surface area contributed by atoms with Crippen molar-refractivity contribution in [1.82, 2.24) is 9.99 Å². The van der Waals surface area contributed by atoms with Crippen LogP contribution in [0.5, 0.6) is 0 Å². The van der Waals surface area contributed by atoms with Crippen LogP contribution in [-0.4, -0.2) is 21.6 Å². The van der Waals surface area contributed by atoms with Crippen molar-refractivity contribution in [2.24, 2.45) is 5.10 Å². The number of benzene rings is 2. The Labute approximate surface area is 149 Å². The van der Waals surface area contributed by atoms with Gasteiger partial charge >= 0.3 is 0 Å². The molecule has 130 valence electrons. The van der Waals surface area contributed by atoms with Crippen LogP contribution in [0.3, 0.4) is 0 Å². The zero-order valence-electron chi connectivity index (χ0n) is 14.0. The highest BCUT2D eigenvalue weighted by atomic mass is 16.6. The minimum atomic E-state index is -0.442. The predicted octanol–water partition coefficient (Wildman–Crippen LogP) is 3.46. The van der Waals surface area contributed by atoms with Gasteiger partial charge in [-0.25, -0.2) is 5.43 Å². The van der Waals surface area contributed by atoms with E-state index in [-0.39, 0.29) is 11.6 Å². The summed E-state index contributed by atoms with van der Waals surface area (Å²) in [7, 11) is 0. The average molecular weight is 348 g/mol. The summed E-state index contributed by atoms with van der Waals surface area (Å²) < 4.78 is 1.81. The fourth-order valence-electron chi connectivity index (χ4n) is 2.48. The lowest BCUT2D eigenvalue weighted by atomic mass is 10.1. The first kappa shape index (κ1) is 17.1. The van der Waals surface area contributed by atoms with E-state index in [2.05, 4.69) is 10.5 Å². The number of aromatic nitrogens is 1. The Balaban J connectivity index is 1.73. The molecule has 0 radical (unpaired) electrons. The van der Waals surface area contributed by atoms with Gasteiger partial charge in [0.15, 0.2) is 0 Å². The first-order chi connectivity index (χ1) is 12.5. The molecule has 3 aromatic rings. The number of hydrazone groups is 1. The van der Waals surface area contributed by atoms with Crippen molar-refractivity contribution in [3.05, 3.63) is 93.8 Å². The van der Waals surface area contributed by atoms with E-state index in [1.165, 1.54) is 18.3 Å².